The van der Waals surface area contributed by atoms with E-state index in [2.05, 4.69) is 60.7 Å². The van der Waals surface area contributed by atoms with Gasteiger partial charge in [0.05, 0.1) is 0 Å². The van der Waals surface area contributed by atoms with E-state index in [9.17, 15) is 0 Å². The summed E-state index contributed by atoms with van der Waals surface area (Å²) < 4.78 is 0. The molecule has 1 fully saturated rings. The molecule has 80 valence electrons. The summed E-state index contributed by atoms with van der Waals surface area (Å²) in [4.78, 5) is 0. The molecular weight excluding hydrogens is 192 g/mol. The second-order valence-electron chi connectivity index (χ2n) is 4.67. The van der Waals surface area contributed by atoms with Gasteiger partial charge in [-0.1, -0.05) is 67.1 Å². The Balaban J connectivity index is 2.08. The lowest BCUT2D eigenvalue weighted by Gasteiger charge is -2.43. The predicted molar refractivity (Wildman–Crippen MR) is 67.5 cm³/mol. The van der Waals surface area contributed by atoms with Crippen molar-refractivity contribution < 1.29 is 0 Å². The van der Waals surface area contributed by atoms with E-state index in [1.54, 1.807) is 0 Å². The third kappa shape index (κ3) is 1.37. The van der Waals surface area contributed by atoms with Crippen LogP contribution >= 0.6 is 0 Å². The maximum absolute atomic E-state index is 2.27. The van der Waals surface area contributed by atoms with Gasteiger partial charge in [-0.3, -0.25) is 0 Å². The molecule has 0 amide bonds. The molecule has 0 aliphatic heterocycles. The van der Waals surface area contributed by atoms with Gasteiger partial charge in [0.1, 0.15) is 0 Å². The van der Waals surface area contributed by atoms with Gasteiger partial charge in [-0.25, -0.2) is 0 Å². The molecular formula is C16H16. The van der Waals surface area contributed by atoms with Gasteiger partial charge in [0, 0.05) is 5.41 Å². The van der Waals surface area contributed by atoms with Gasteiger partial charge in [-0.05, 0) is 24.0 Å². The molecule has 2 aromatic carbocycles. The van der Waals surface area contributed by atoms with E-state index >= 15 is 0 Å². The van der Waals surface area contributed by atoms with Crippen LogP contribution in [0.1, 0.15) is 30.4 Å². The fourth-order valence-electron chi connectivity index (χ4n) is 2.79. The van der Waals surface area contributed by atoms with E-state index in [1.165, 1.54) is 30.4 Å². The summed E-state index contributed by atoms with van der Waals surface area (Å²) in [5, 5.41) is 0. The van der Waals surface area contributed by atoms with Gasteiger partial charge in [-0.2, -0.15) is 0 Å². The summed E-state index contributed by atoms with van der Waals surface area (Å²) >= 11 is 0. The average molecular weight is 208 g/mol. The minimum atomic E-state index is 0.308. The van der Waals surface area contributed by atoms with Gasteiger partial charge in [0.15, 0.2) is 0 Å². The molecule has 3 rings (SSSR count). The molecule has 1 aliphatic rings. The second-order valence-corrected chi connectivity index (χ2v) is 4.67. The summed E-state index contributed by atoms with van der Waals surface area (Å²) in [5.74, 6) is 0. The molecule has 0 aromatic heterocycles. The van der Waals surface area contributed by atoms with Crippen LogP contribution in [0.15, 0.2) is 60.7 Å². The molecule has 0 saturated heterocycles. The highest BCUT2D eigenvalue weighted by molar-refractivity contribution is 5.41. The summed E-state index contributed by atoms with van der Waals surface area (Å²) in [5.41, 5.74) is 3.27. The fraction of sp³-hybridized carbons (Fsp3) is 0.250. The SMILES string of the molecule is c1ccc(C2(c3ccccc3)CCC2)cc1. The highest BCUT2D eigenvalue weighted by atomic mass is 14.4. The van der Waals surface area contributed by atoms with Crippen molar-refractivity contribution in [3.05, 3.63) is 71.8 Å². The Morgan fingerprint density at radius 3 is 1.38 bits per heavy atom. The highest BCUT2D eigenvalue weighted by Gasteiger charge is 2.39. The number of benzene rings is 2. The Labute approximate surface area is 96.9 Å². The van der Waals surface area contributed by atoms with E-state index in [1.807, 2.05) is 0 Å². The zero-order valence-electron chi connectivity index (χ0n) is 9.39. The zero-order valence-corrected chi connectivity index (χ0v) is 9.39. The smallest absolute Gasteiger partial charge is 0.0202 e. The lowest BCUT2D eigenvalue weighted by atomic mass is 9.61. The van der Waals surface area contributed by atoms with E-state index in [-0.39, 0.29) is 0 Å². The number of rotatable bonds is 2. The molecule has 0 atom stereocenters. The summed E-state index contributed by atoms with van der Waals surface area (Å²) in [6.45, 7) is 0. The number of hydrogen-bond acceptors (Lipinski definition) is 0. The molecule has 0 nitrogen and oxygen atoms in total. The molecule has 0 N–H and O–H groups in total. The average Bonchev–Trinajstić information content (AvgIpc) is 2.31. The van der Waals surface area contributed by atoms with Crippen LogP contribution < -0.4 is 0 Å². The molecule has 0 heterocycles. The van der Waals surface area contributed by atoms with Crippen LogP contribution in [0.25, 0.3) is 0 Å². The lowest BCUT2D eigenvalue weighted by molar-refractivity contribution is 0.301. The molecule has 16 heavy (non-hydrogen) atoms. The van der Waals surface area contributed by atoms with Crippen molar-refractivity contribution in [2.24, 2.45) is 0 Å². The van der Waals surface area contributed by atoms with Crippen molar-refractivity contribution in [1.82, 2.24) is 0 Å². The Morgan fingerprint density at radius 1 is 0.625 bits per heavy atom. The highest BCUT2D eigenvalue weighted by Crippen LogP contribution is 2.48. The Bertz CT molecular complexity index is 410. The van der Waals surface area contributed by atoms with E-state index in [4.69, 9.17) is 0 Å². The third-order valence-corrected chi connectivity index (χ3v) is 3.86. The topological polar surface area (TPSA) is 0 Å². The standard InChI is InChI=1S/C16H16/c1-3-8-14(9-4-1)16(12-7-13-16)15-10-5-2-6-11-15/h1-6,8-11H,7,12-13H2. The predicted octanol–water partition coefficient (Wildman–Crippen LogP) is 4.16. The molecule has 1 saturated carbocycles. The van der Waals surface area contributed by atoms with Crippen molar-refractivity contribution in [3.8, 4) is 0 Å². The van der Waals surface area contributed by atoms with Crippen molar-refractivity contribution >= 4 is 0 Å². The Morgan fingerprint density at radius 2 is 1.06 bits per heavy atom. The van der Waals surface area contributed by atoms with Gasteiger partial charge in [-0.15, -0.1) is 0 Å². The quantitative estimate of drug-likeness (QED) is 0.695. The number of hydrogen-bond donors (Lipinski definition) is 0. The van der Waals surface area contributed by atoms with E-state index in [0.29, 0.717) is 5.41 Å². The van der Waals surface area contributed by atoms with Crippen LogP contribution in [0.5, 0.6) is 0 Å². The first-order valence-corrected chi connectivity index (χ1v) is 6.03. The first-order chi connectivity index (χ1) is 7.92. The Hall–Kier alpha value is -1.56. The molecule has 0 radical (unpaired) electrons. The first kappa shape index (κ1) is 9.65. The minimum Gasteiger partial charge on any atom is -0.0622 e. The van der Waals surface area contributed by atoms with Crippen molar-refractivity contribution in [2.75, 3.05) is 0 Å². The van der Waals surface area contributed by atoms with Gasteiger partial charge in [0.2, 0.25) is 0 Å². The first-order valence-electron chi connectivity index (χ1n) is 6.03. The largest absolute Gasteiger partial charge is 0.0622 e. The van der Waals surface area contributed by atoms with Crippen molar-refractivity contribution in [2.45, 2.75) is 24.7 Å². The molecule has 0 spiro atoms. The van der Waals surface area contributed by atoms with Crippen LogP contribution in [0.3, 0.4) is 0 Å². The zero-order chi connectivity index (χ0) is 10.8. The van der Waals surface area contributed by atoms with Crippen LogP contribution in [0.4, 0.5) is 0 Å². The monoisotopic (exact) mass is 208 g/mol. The normalized spacial score (nSPS) is 17.8. The van der Waals surface area contributed by atoms with Crippen LogP contribution in [0, 0.1) is 0 Å². The Kier molecular flexibility index (Phi) is 2.28. The van der Waals surface area contributed by atoms with Gasteiger partial charge < -0.3 is 0 Å². The fourth-order valence-corrected chi connectivity index (χ4v) is 2.79. The summed E-state index contributed by atoms with van der Waals surface area (Å²) in [6.07, 6.45) is 3.94. The molecule has 2 aromatic rings. The molecule has 0 unspecified atom stereocenters. The maximum Gasteiger partial charge on any atom is 0.0202 e. The molecule has 1 aliphatic carbocycles. The minimum absolute atomic E-state index is 0.308. The van der Waals surface area contributed by atoms with E-state index in [0.717, 1.165) is 0 Å². The van der Waals surface area contributed by atoms with Crippen molar-refractivity contribution in [3.63, 3.8) is 0 Å². The second kappa shape index (κ2) is 3.79. The van der Waals surface area contributed by atoms with Gasteiger partial charge >= 0.3 is 0 Å². The van der Waals surface area contributed by atoms with Gasteiger partial charge in [0.25, 0.3) is 0 Å². The van der Waals surface area contributed by atoms with Crippen molar-refractivity contribution in [1.29, 1.82) is 0 Å². The molecule has 0 bridgehead atoms. The molecule has 0 heteroatoms. The van der Waals surface area contributed by atoms with E-state index < -0.39 is 0 Å². The summed E-state index contributed by atoms with van der Waals surface area (Å²) in [7, 11) is 0. The van der Waals surface area contributed by atoms with Crippen LogP contribution in [-0.2, 0) is 5.41 Å². The lowest BCUT2D eigenvalue weighted by Crippen LogP contribution is -2.35. The summed E-state index contributed by atoms with van der Waals surface area (Å²) in [6, 6.07) is 21.9. The third-order valence-electron chi connectivity index (χ3n) is 3.86. The van der Waals surface area contributed by atoms with Crippen LogP contribution in [0.2, 0.25) is 0 Å². The maximum atomic E-state index is 2.27. The van der Waals surface area contributed by atoms with Crippen LogP contribution in [-0.4, -0.2) is 0 Å².